The third kappa shape index (κ3) is 3.61. The summed E-state index contributed by atoms with van der Waals surface area (Å²) in [6, 6.07) is 11.4. The Labute approximate surface area is 175 Å². The lowest BCUT2D eigenvalue weighted by atomic mass is 9.71. The molecule has 154 valence electrons. The second kappa shape index (κ2) is 7.65. The van der Waals surface area contributed by atoms with E-state index in [4.69, 9.17) is 4.98 Å². The molecule has 7 nitrogen and oxygen atoms in total. The number of anilines is 1. The SMILES string of the molecule is O=C(c1cccnc1)N1CC(O)CC2(CCN(c3cnc4ccccc4n3)CC2)C1. The van der Waals surface area contributed by atoms with Crippen molar-refractivity contribution in [2.75, 3.05) is 31.1 Å². The number of para-hydroxylation sites is 2. The van der Waals surface area contributed by atoms with Gasteiger partial charge in [0.05, 0.1) is 28.9 Å². The quantitative estimate of drug-likeness (QED) is 0.708. The van der Waals surface area contributed by atoms with Gasteiger partial charge < -0.3 is 14.9 Å². The van der Waals surface area contributed by atoms with Crippen molar-refractivity contribution in [3.8, 4) is 0 Å². The number of piperidine rings is 2. The van der Waals surface area contributed by atoms with E-state index >= 15 is 0 Å². The highest BCUT2D eigenvalue weighted by molar-refractivity contribution is 5.94. The highest BCUT2D eigenvalue weighted by Gasteiger charge is 2.43. The first-order valence-electron chi connectivity index (χ1n) is 10.5. The molecule has 2 fully saturated rings. The number of carbonyl (C=O) groups excluding carboxylic acids is 1. The van der Waals surface area contributed by atoms with Gasteiger partial charge in [-0.1, -0.05) is 12.1 Å². The molecule has 2 aliphatic heterocycles. The number of rotatable bonds is 2. The van der Waals surface area contributed by atoms with Crippen molar-refractivity contribution in [3.63, 3.8) is 0 Å². The lowest BCUT2D eigenvalue weighted by Gasteiger charge is -2.49. The van der Waals surface area contributed by atoms with E-state index in [1.807, 2.05) is 30.5 Å². The molecular weight excluding hydrogens is 378 g/mol. The number of fused-ring (bicyclic) bond motifs is 1. The molecule has 1 N–H and O–H groups in total. The van der Waals surface area contributed by atoms with Gasteiger partial charge in [0.1, 0.15) is 5.82 Å². The highest BCUT2D eigenvalue weighted by Crippen LogP contribution is 2.41. The molecule has 1 unspecified atom stereocenters. The summed E-state index contributed by atoms with van der Waals surface area (Å²) in [6.45, 7) is 2.74. The number of hydrogen-bond acceptors (Lipinski definition) is 6. The maximum atomic E-state index is 12.9. The number of likely N-dealkylation sites (tertiary alicyclic amines) is 1. The van der Waals surface area contributed by atoms with Gasteiger partial charge >= 0.3 is 0 Å². The molecule has 2 saturated heterocycles. The lowest BCUT2D eigenvalue weighted by Crippen LogP contribution is -2.55. The van der Waals surface area contributed by atoms with Crippen molar-refractivity contribution in [2.24, 2.45) is 5.41 Å². The minimum atomic E-state index is -0.494. The zero-order valence-corrected chi connectivity index (χ0v) is 16.8. The topological polar surface area (TPSA) is 82.5 Å². The van der Waals surface area contributed by atoms with E-state index in [0.717, 1.165) is 49.2 Å². The molecule has 0 bridgehead atoms. The van der Waals surface area contributed by atoms with E-state index in [0.29, 0.717) is 18.7 Å². The second-order valence-corrected chi connectivity index (χ2v) is 8.49. The maximum absolute atomic E-state index is 12.9. The summed E-state index contributed by atoms with van der Waals surface area (Å²) in [7, 11) is 0. The summed E-state index contributed by atoms with van der Waals surface area (Å²) in [5.41, 5.74) is 2.31. The number of aliphatic hydroxyl groups is 1. The molecule has 3 aromatic rings. The van der Waals surface area contributed by atoms with E-state index in [2.05, 4.69) is 14.9 Å². The lowest BCUT2D eigenvalue weighted by molar-refractivity contribution is -0.0150. The van der Waals surface area contributed by atoms with E-state index in [1.54, 1.807) is 29.4 Å². The van der Waals surface area contributed by atoms with Crippen LogP contribution in [0.25, 0.3) is 11.0 Å². The van der Waals surface area contributed by atoms with Crippen LogP contribution < -0.4 is 4.90 Å². The zero-order valence-electron chi connectivity index (χ0n) is 16.8. The number of hydrogen-bond donors (Lipinski definition) is 1. The molecule has 1 atom stereocenters. The van der Waals surface area contributed by atoms with Gasteiger partial charge in [-0.05, 0) is 48.9 Å². The van der Waals surface area contributed by atoms with Crippen molar-refractivity contribution in [1.29, 1.82) is 0 Å². The highest BCUT2D eigenvalue weighted by atomic mass is 16.3. The molecule has 0 saturated carbocycles. The van der Waals surface area contributed by atoms with Crippen molar-refractivity contribution >= 4 is 22.8 Å². The fraction of sp³-hybridized carbons (Fsp3) is 0.391. The Morgan fingerprint density at radius 2 is 1.87 bits per heavy atom. The van der Waals surface area contributed by atoms with Crippen LogP contribution in [0.1, 0.15) is 29.6 Å². The van der Waals surface area contributed by atoms with Crippen LogP contribution in [-0.4, -0.2) is 63.1 Å². The van der Waals surface area contributed by atoms with Crippen LogP contribution in [0.2, 0.25) is 0 Å². The average molecular weight is 403 g/mol. The molecule has 1 spiro atoms. The standard InChI is InChI=1S/C23H25N5O2/c29-18-12-23(16-28(15-18)22(30)17-4-3-9-24-13-17)7-10-27(11-8-23)21-14-25-19-5-1-2-6-20(19)26-21/h1-6,9,13-14,18,29H,7-8,10-12,15-16H2. The normalized spacial score (nSPS) is 21.2. The molecule has 2 aliphatic rings. The molecule has 4 heterocycles. The van der Waals surface area contributed by atoms with Gasteiger partial charge in [0.25, 0.3) is 5.91 Å². The Balaban J connectivity index is 1.30. The Bertz CT molecular complexity index is 1050. The molecule has 30 heavy (non-hydrogen) atoms. The molecule has 2 aromatic heterocycles. The number of benzene rings is 1. The van der Waals surface area contributed by atoms with Crippen LogP contribution in [0.3, 0.4) is 0 Å². The Morgan fingerprint density at radius 1 is 1.07 bits per heavy atom. The number of amides is 1. The van der Waals surface area contributed by atoms with Gasteiger partial charge in [-0.2, -0.15) is 0 Å². The van der Waals surface area contributed by atoms with E-state index in [-0.39, 0.29) is 11.3 Å². The van der Waals surface area contributed by atoms with Crippen LogP contribution in [0.5, 0.6) is 0 Å². The fourth-order valence-electron chi connectivity index (χ4n) is 4.85. The predicted octanol–water partition coefficient (Wildman–Crippen LogP) is 2.52. The number of nitrogens with zero attached hydrogens (tertiary/aromatic N) is 5. The maximum Gasteiger partial charge on any atom is 0.255 e. The van der Waals surface area contributed by atoms with Gasteiger partial charge in [0, 0.05) is 38.6 Å². The monoisotopic (exact) mass is 403 g/mol. The number of pyridine rings is 1. The summed E-state index contributed by atoms with van der Waals surface area (Å²) in [5.74, 6) is 0.840. The molecule has 0 radical (unpaired) electrons. The first-order chi connectivity index (χ1) is 14.6. The van der Waals surface area contributed by atoms with Gasteiger partial charge in [-0.25, -0.2) is 4.98 Å². The minimum absolute atomic E-state index is 0.0518. The van der Waals surface area contributed by atoms with Crippen LogP contribution in [0.4, 0.5) is 5.82 Å². The van der Waals surface area contributed by atoms with Gasteiger partial charge in [0.15, 0.2) is 0 Å². The second-order valence-electron chi connectivity index (χ2n) is 8.49. The summed E-state index contributed by atoms with van der Waals surface area (Å²) in [6.07, 6.45) is 7.16. The zero-order chi connectivity index (χ0) is 20.6. The number of aliphatic hydroxyl groups excluding tert-OH is 1. The average Bonchev–Trinajstić information content (AvgIpc) is 2.79. The Kier molecular flexibility index (Phi) is 4.83. The summed E-state index contributed by atoms with van der Waals surface area (Å²) >= 11 is 0. The first-order valence-corrected chi connectivity index (χ1v) is 10.5. The predicted molar refractivity (Wildman–Crippen MR) is 114 cm³/mol. The third-order valence-corrected chi connectivity index (χ3v) is 6.41. The van der Waals surface area contributed by atoms with Gasteiger partial charge in [-0.3, -0.25) is 14.8 Å². The Morgan fingerprint density at radius 3 is 2.63 bits per heavy atom. The summed E-state index contributed by atoms with van der Waals surface area (Å²) in [4.78, 5) is 30.4. The molecule has 5 rings (SSSR count). The molecule has 1 amide bonds. The van der Waals surface area contributed by atoms with E-state index in [9.17, 15) is 9.90 Å². The van der Waals surface area contributed by atoms with E-state index in [1.165, 1.54) is 0 Å². The van der Waals surface area contributed by atoms with Crippen LogP contribution in [-0.2, 0) is 0 Å². The number of aromatic nitrogens is 3. The smallest absolute Gasteiger partial charge is 0.255 e. The van der Waals surface area contributed by atoms with Crippen molar-refractivity contribution in [1.82, 2.24) is 19.9 Å². The summed E-state index contributed by atoms with van der Waals surface area (Å²) < 4.78 is 0. The van der Waals surface area contributed by atoms with Crippen LogP contribution in [0, 0.1) is 5.41 Å². The number of β-amino-alcohol motifs (C(OH)–C–C–N with tert-alkyl or cyclic N) is 1. The minimum Gasteiger partial charge on any atom is -0.391 e. The molecular formula is C23H25N5O2. The van der Waals surface area contributed by atoms with Crippen LogP contribution >= 0.6 is 0 Å². The Hall–Kier alpha value is -3.06. The first kappa shape index (κ1) is 18.9. The van der Waals surface area contributed by atoms with Gasteiger partial charge in [-0.15, -0.1) is 0 Å². The molecule has 7 heteroatoms. The van der Waals surface area contributed by atoms with Gasteiger partial charge in [0.2, 0.25) is 0 Å². The van der Waals surface area contributed by atoms with E-state index < -0.39 is 6.10 Å². The summed E-state index contributed by atoms with van der Waals surface area (Å²) in [5, 5.41) is 10.5. The largest absolute Gasteiger partial charge is 0.391 e. The number of carbonyl (C=O) groups is 1. The molecule has 0 aliphatic carbocycles. The van der Waals surface area contributed by atoms with Crippen LogP contribution in [0.15, 0.2) is 55.0 Å². The van der Waals surface area contributed by atoms with Crippen molar-refractivity contribution < 1.29 is 9.90 Å². The fourth-order valence-corrected chi connectivity index (χ4v) is 4.85. The molecule has 1 aromatic carbocycles. The van der Waals surface area contributed by atoms with Crippen molar-refractivity contribution in [3.05, 3.63) is 60.6 Å². The third-order valence-electron chi connectivity index (χ3n) is 6.41. The van der Waals surface area contributed by atoms with Crippen molar-refractivity contribution in [2.45, 2.75) is 25.4 Å².